The van der Waals surface area contributed by atoms with Gasteiger partial charge in [0.25, 0.3) is 0 Å². The highest BCUT2D eigenvalue weighted by atomic mass is 16.1. The van der Waals surface area contributed by atoms with E-state index in [0.29, 0.717) is 18.8 Å². The average molecular weight is 243 g/mol. The van der Waals surface area contributed by atoms with Gasteiger partial charge < -0.3 is 0 Å². The summed E-state index contributed by atoms with van der Waals surface area (Å²) in [5.41, 5.74) is 1.12. The quantitative estimate of drug-likeness (QED) is 0.733. The maximum absolute atomic E-state index is 12.0. The molecule has 1 aromatic carbocycles. The van der Waals surface area contributed by atoms with Gasteiger partial charge in [-0.05, 0) is 12.0 Å². The summed E-state index contributed by atoms with van der Waals surface area (Å²) >= 11 is 0. The molecule has 0 spiro atoms. The zero-order valence-electron chi connectivity index (χ0n) is 10.5. The van der Waals surface area contributed by atoms with Crippen molar-refractivity contribution in [1.29, 1.82) is 0 Å². The van der Waals surface area contributed by atoms with Crippen molar-refractivity contribution in [3.63, 3.8) is 0 Å². The molecule has 0 aliphatic carbocycles. The van der Waals surface area contributed by atoms with E-state index in [1.807, 2.05) is 30.3 Å². The third-order valence-corrected chi connectivity index (χ3v) is 2.80. The number of carbonyl (C=O) groups excluding carboxylic acids is 1. The molecule has 2 rings (SSSR count). The Bertz CT molecular complexity index is 505. The van der Waals surface area contributed by atoms with Crippen molar-refractivity contribution < 1.29 is 4.79 Å². The number of unbranched alkanes of at least 4 members (excludes halogenated alkanes) is 1. The van der Waals surface area contributed by atoms with E-state index in [0.717, 1.165) is 18.4 Å². The van der Waals surface area contributed by atoms with Crippen LogP contribution in [-0.2, 0) is 6.54 Å². The molecule has 0 saturated carbocycles. The van der Waals surface area contributed by atoms with Crippen LogP contribution in [0.25, 0.3) is 0 Å². The van der Waals surface area contributed by atoms with E-state index >= 15 is 0 Å². The molecular weight excluding hydrogens is 226 g/mol. The molecular formula is C14H17N3O. The van der Waals surface area contributed by atoms with Crippen LogP contribution in [0.2, 0.25) is 0 Å². The van der Waals surface area contributed by atoms with Gasteiger partial charge in [-0.15, -0.1) is 0 Å². The van der Waals surface area contributed by atoms with Crippen LogP contribution in [0.1, 0.15) is 42.4 Å². The summed E-state index contributed by atoms with van der Waals surface area (Å²) in [6.07, 6.45) is 3.90. The minimum absolute atomic E-state index is 0.0743. The van der Waals surface area contributed by atoms with Crippen LogP contribution in [-0.4, -0.2) is 20.5 Å². The Morgan fingerprint density at radius 2 is 2.06 bits per heavy atom. The standard InChI is InChI=1S/C14H17N3O/c1-2-3-9-13(18)14-15-11-16-17(14)10-12-7-5-4-6-8-12/h4-8,11H,2-3,9-10H2,1H3. The first-order valence-corrected chi connectivity index (χ1v) is 6.26. The van der Waals surface area contributed by atoms with E-state index in [4.69, 9.17) is 0 Å². The minimum Gasteiger partial charge on any atom is -0.291 e. The second-order valence-electron chi connectivity index (χ2n) is 4.25. The Hall–Kier alpha value is -1.97. The number of Topliss-reactive ketones (excluding diaryl/α,β-unsaturated/α-hetero) is 1. The lowest BCUT2D eigenvalue weighted by Gasteiger charge is -2.05. The molecule has 0 saturated heterocycles. The molecule has 2 aromatic rings. The topological polar surface area (TPSA) is 47.8 Å². The monoisotopic (exact) mass is 243 g/mol. The number of rotatable bonds is 6. The normalized spacial score (nSPS) is 10.5. The third kappa shape index (κ3) is 3.03. The Balaban J connectivity index is 2.10. The number of ketones is 1. The van der Waals surface area contributed by atoms with Gasteiger partial charge in [-0.2, -0.15) is 5.10 Å². The number of benzene rings is 1. The molecule has 0 bridgehead atoms. The van der Waals surface area contributed by atoms with Gasteiger partial charge in [-0.25, -0.2) is 9.67 Å². The number of hydrogen-bond acceptors (Lipinski definition) is 3. The minimum atomic E-state index is 0.0743. The third-order valence-electron chi connectivity index (χ3n) is 2.80. The van der Waals surface area contributed by atoms with Gasteiger partial charge in [0, 0.05) is 6.42 Å². The first-order valence-electron chi connectivity index (χ1n) is 6.26. The lowest BCUT2D eigenvalue weighted by atomic mass is 10.2. The molecule has 4 nitrogen and oxygen atoms in total. The Labute approximate surface area is 107 Å². The van der Waals surface area contributed by atoms with E-state index in [1.165, 1.54) is 6.33 Å². The van der Waals surface area contributed by atoms with Gasteiger partial charge in [-0.3, -0.25) is 4.79 Å². The lowest BCUT2D eigenvalue weighted by Crippen LogP contribution is -2.12. The molecule has 0 amide bonds. The van der Waals surface area contributed by atoms with Crippen molar-refractivity contribution in [2.75, 3.05) is 0 Å². The number of hydrogen-bond donors (Lipinski definition) is 0. The van der Waals surface area contributed by atoms with Crippen LogP contribution in [0.15, 0.2) is 36.7 Å². The second-order valence-corrected chi connectivity index (χ2v) is 4.25. The Morgan fingerprint density at radius 1 is 1.28 bits per heavy atom. The van der Waals surface area contributed by atoms with Crippen LogP contribution >= 0.6 is 0 Å². The van der Waals surface area contributed by atoms with E-state index in [-0.39, 0.29) is 5.78 Å². The summed E-state index contributed by atoms with van der Waals surface area (Å²) in [5, 5.41) is 4.13. The van der Waals surface area contributed by atoms with Crippen molar-refractivity contribution in [2.45, 2.75) is 32.7 Å². The first kappa shape index (κ1) is 12.5. The molecule has 18 heavy (non-hydrogen) atoms. The molecule has 0 unspecified atom stereocenters. The van der Waals surface area contributed by atoms with Crippen LogP contribution in [0.4, 0.5) is 0 Å². The number of carbonyl (C=O) groups is 1. The highest BCUT2D eigenvalue weighted by Gasteiger charge is 2.13. The van der Waals surface area contributed by atoms with Crippen molar-refractivity contribution >= 4 is 5.78 Å². The molecule has 0 aliphatic heterocycles. The zero-order valence-corrected chi connectivity index (χ0v) is 10.5. The zero-order chi connectivity index (χ0) is 12.8. The summed E-state index contributed by atoms with van der Waals surface area (Å²) in [5.74, 6) is 0.539. The highest BCUT2D eigenvalue weighted by molar-refractivity contribution is 5.92. The summed E-state index contributed by atoms with van der Waals surface area (Å²) in [4.78, 5) is 16.0. The van der Waals surface area contributed by atoms with E-state index in [9.17, 15) is 4.79 Å². The molecule has 1 aromatic heterocycles. The fourth-order valence-electron chi connectivity index (χ4n) is 1.80. The molecule has 0 N–H and O–H groups in total. The smallest absolute Gasteiger partial charge is 0.199 e. The van der Waals surface area contributed by atoms with E-state index < -0.39 is 0 Å². The lowest BCUT2D eigenvalue weighted by molar-refractivity contribution is 0.0964. The fraction of sp³-hybridized carbons (Fsp3) is 0.357. The summed E-state index contributed by atoms with van der Waals surface area (Å²) in [6.45, 7) is 2.66. The van der Waals surface area contributed by atoms with Gasteiger partial charge in [0.15, 0.2) is 11.6 Å². The van der Waals surface area contributed by atoms with Gasteiger partial charge in [0.05, 0.1) is 6.54 Å². The second kappa shape index (κ2) is 6.10. The summed E-state index contributed by atoms with van der Waals surface area (Å²) in [6, 6.07) is 9.96. The molecule has 4 heteroatoms. The molecule has 0 fully saturated rings. The van der Waals surface area contributed by atoms with Gasteiger partial charge in [0.2, 0.25) is 0 Å². The maximum Gasteiger partial charge on any atom is 0.199 e. The van der Waals surface area contributed by atoms with Crippen molar-refractivity contribution in [3.8, 4) is 0 Å². The van der Waals surface area contributed by atoms with E-state index in [1.54, 1.807) is 4.68 Å². The van der Waals surface area contributed by atoms with Crippen LogP contribution in [0.5, 0.6) is 0 Å². The van der Waals surface area contributed by atoms with Crippen molar-refractivity contribution in [3.05, 3.63) is 48.0 Å². The van der Waals surface area contributed by atoms with Gasteiger partial charge in [-0.1, -0.05) is 43.7 Å². The summed E-state index contributed by atoms with van der Waals surface area (Å²) in [7, 11) is 0. The number of aromatic nitrogens is 3. The van der Waals surface area contributed by atoms with Crippen molar-refractivity contribution in [1.82, 2.24) is 14.8 Å². The number of nitrogens with zero attached hydrogens (tertiary/aromatic N) is 3. The molecule has 94 valence electrons. The Kier molecular flexibility index (Phi) is 4.23. The summed E-state index contributed by atoms with van der Waals surface area (Å²) < 4.78 is 1.67. The van der Waals surface area contributed by atoms with Gasteiger partial charge >= 0.3 is 0 Å². The molecule has 0 aliphatic rings. The van der Waals surface area contributed by atoms with Crippen LogP contribution in [0, 0.1) is 0 Å². The van der Waals surface area contributed by atoms with Gasteiger partial charge in [0.1, 0.15) is 6.33 Å². The fourth-order valence-corrected chi connectivity index (χ4v) is 1.80. The SMILES string of the molecule is CCCCC(=O)c1ncnn1Cc1ccccc1. The molecule has 1 heterocycles. The maximum atomic E-state index is 12.0. The predicted molar refractivity (Wildman–Crippen MR) is 69.4 cm³/mol. The predicted octanol–water partition coefficient (Wildman–Crippen LogP) is 2.70. The first-order chi connectivity index (χ1) is 8.81. The highest BCUT2D eigenvalue weighted by Crippen LogP contribution is 2.07. The van der Waals surface area contributed by atoms with E-state index in [2.05, 4.69) is 17.0 Å². The Morgan fingerprint density at radius 3 is 2.78 bits per heavy atom. The van der Waals surface area contributed by atoms with Crippen LogP contribution in [0.3, 0.4) is 0 Å². The largest absolute Gasteiger partial charge is 0.291 e. The average Bonchev–Trinajstić information content (AvgIpc) is 2.85. The molecule has 0 radical (unpaired) electrons. The van der Waals surface area contributed by atoms with Crippen LogP contribution < -0.4 is 0 Å². The van der Waals surface area contributed by atoms with Crippen molar-refractivity contribution in [2.24, 2.45) is 0 Å². The molecule has 0 atom stereocenters.